The Balaban J connectivity index is 1.55. The molecule has 0 aliphatic carbocycles. The van der Waals surface area contributed by atoms with Gasteiger partial charge in [-0.1, -0.05) is 6.07 Å². The number of aliphatic carboxylic acids is 1. The maximum Gasteiger partial charge on any atom is 0.312 e. The Labute approximate surface area is 152 Å². The lowest BCUT2D eigenvalue weighted by molar-refractivity contribution is -0.148. The fourth-order valence-electron chi connectivity index (χ4n) is 4.26. The van der Waals surface area contributed by atoms with Crippen LogP contribution < -0.4 is 0 Å². The summed E-state index contributed by atoms with van der Waals surface area (Å²) in [5.74, 6) is -1.12. The maximum absolute atomic E-state index is 12.0. The lowest BCUT2D eigenvalue weighted by Crippen LogP contribution is -2.41. The first-order valence-corrected chi connectivity index (χ1v) is 10.4. The Kier molecular flexibility index (Phi) is 3.87. The van der Waals surface area contributed by atoms with Gasteiger partial charge >= 0.3 is 5.97 Å². The quantitative estimate of drug-likeness (QED) is 0.829. The van der Waals surface area contributed by atoms with E-state index >= 15 is 0 Å². The predicted molar refractivity (Wildman–Crippen MR) is 95.2 cm³/mol. The third kappa shape index (κ3) is 2.80. The smallest absolute Gasteiger partial charge is 0.312 e. The second-order valence-electron chi connectivity index (χ2n) is 7.59. The number of imidazole rings is 1. The van der Waals surface area contributed by atoms with Gasteiger partial charge in [-0.2, -0.15) is 0 Å². The summed E-state index contributed by atoms with van der Waals surface area (Å²) in [6.07, 6.45) is 5.11. The average Bonchev–Trinajstić information content (AvgIpc) is 3.16. The highest BCUT2D eigenvalue weighted by atomic mass is 32.2. The summed E-state index contributed by atoms with van der Waals surface area (Å²) in [5, 5.41) is 9.82. The monoisotopic (exact) mass is 378 g/mol. The third-order valence-corrected chi connectivity index (χ3v) is 6.79. The van der Waals surface area contributed by atoms with Gasteiger partial charge in [-0.05, 0) is 18.6 Å². The zero-order valence-corrected chi connectivity index (χ0v) is 15.6. The zero-order valence-electron chi connectivity index (χ0n) is 14.8. The summed E-state index contributed by atoms with van der Waals surface area (Å²) >= 11 is 0. The van der Waals surface area contributed by atoms with Crippen molar-refractivity contribution < 1.29 is 18.3 Å². The van der Waals surface area contributed by atoms with Gasteiger partial charge in [-0.25, -0.2) is 17.7 Å². The van der Waals surface area contributed by atoms with Crippen molar-refractivity contribution in [2.45, 2.75) is 13.5 Å². The number of carboxylic acids is 1. The highest BCUT2D eigenvalue weighted by molar-refractivity contribution is 7.88. The molecule has 8 nitrogen and oxygen atoms in total. The number of hydrogen-bond donors (Lipinski definition) is 1. The molecule has 1 N–H and O–H groups in total. The first kappa shape index (κ1) is 17.4. The number of fused-ring (bicyclic) bond motifs is 2. The number of aromatic nitrogens is 2. The molecule has 0 radical (unpaired) electrons. The predicted octanol–water partition coefficient (Wildman–Crippen LogP) is 0.421. The number of carboxylic acid groups (broad SMARTS) is 1. The van der Waals surface area contributed by atoms with E-state index < -0.39 is 21.4 Å². The van der Waals surface area contributed by atoms with E-state index in [-0.39, 0.29) is 19.0 Å². The molecule has 0 saturated carbocycles. The van der Waals surface area contributed by atoms with Crippen molar-refractivity contribution in [1.29, 1.82) is 0 Å². The number of nitrogens with zero attached hydrogens (tertiary/aromatic N) is 4. The fraction of sp³-hybridized carbons (Fsp3) is 0.529. The van der Waals surface area contributed by atoms with E-state index in [2.05, 4.69) is 9.88 Å². The van der Waals surface area contributed by atoms with Crippen molar-refractivity contribution in [3.05, 3.63) is 35.8 Å². The van der Waals surface area contributed by atoms with Crippen LogP contribution in [0.15, 0.2) is 24.5 Å². The van der Waals surface area contributed by atoms with Crippen LogP contribution in [0.5, 0.6) is 0 Å². The van der Waals surface area contributed by atoms with Crippen molar-refractivity contribution in [3.63, 3.8) is 0 Å². The Morgan fingerprint density at radius 3 is 2.73 bits per heavy atom. The second kappa shape index (κ2) is 5.77. The van der Waals surface area contributed by atoms with Crippen LogP contribution in [0, 0.1) is 18.3 Å². The van der Waals surface area contributed by atoms with E-state index in [1.54, 1.807) is 0 Å². The summed E-state index contributed by atoms with van der Waals surface area (Å²) in [4.78, 5) is 18.7. The van der Waals surface area contributed by atoms with E-state index in [4.69, 9.17) is 0 Å². The molecule has 26 heavy (non-hydrogen) atoms. The molecular formula is C17H22N4O4S. The Morgan fingerprint density at radius 2 is 2.08 bits per heavy atom. The highest BCUT2D eigenvalue weighted by Gasteiger charge is 2.59. The second-order valence-corrected chi connectivity index (χ2v) is 9.57. The fourth-order valence-corrected chi connectivity index (χ4v) is 5.18. The van der Waals surface area contributed by atoms with Crippen LogP contribution >= 0.6 is 0 Å². The van der Waals surface area contributed by atoms with E-state index in [0.29, 0.717) is 19.6 Å². The summed E-state index contributed by atoms with van der Waals surface area (Å²) in [7, 11) is -3.38. The molecule has 4 rings (SSSR count). The van der Waals surface area contributed by atoms with Crippen LogP contribution in [0.25, 0.3) is 5.65 Å². The van der Waals surface area contributed by atoms with Gasteiger partial charge in [0.15, 0.2) is 0 Å². The first-order chi connectivity index (χ1) is 12.2. The molecule has 2 aliphatic rings. The number of pyridine rings is 1. The molecule has 9 heteroatoms. The molecule has 140 valence electrons. The molecule has 0 spiro atoms. The van der Waals surface area contributed by atoms with Crippen LogP contribution in [-0.2, 0) is 21.4 Å². The molecule has 2 aliphatic heterocycles. The van der Waals surface area contributed by atoms with Gasteiger partial charge in [-0.15, -0.1) is 0 Å². The van der Waals surface area contributed by atoms with Crippen LogP contribution in [0.4, 0.5) is 0 Å². The van der Waals surface area contributed by atoms with E-state index in [0.717, 1.165) is 23.2 Å². The number of sulfonamides is 1. The molecule has 4 heterocycles. The molecule has 2 saturated heterocycles. The number of carbonyl (C=O) groups is 1. The van der Waals surface area contributed by atoms with E-state index in [9.17, 15) is 18.3 Å². The van der Waals surface area contributed by atoms with Crippen LogP contribution in [-0.4, -0.2) is 70.5 Å². The Morgan fingerprint density at radius 1 is 1.31 bits per heavy atom. The number of aryl methyl sites for hydroxylation is 1. The van der Waals surface area contributed by atoms with Crippen molar-refractivity contribution in [2.24, 2.45) is 11.3 Å². The van der Waals surface area contributed by atoms with Crippen molar-refractivity contribution in [1.82, 2.24) is 18.6 Å². The largest absolute Gasteiger partial charge is 0.481 e. The molecule has 2 atom stereocenters. The highest BCUT2D eigenvalue weighted by Crippen LogP contribution is 2.44. The van der Waals surface area contributed by atoms with Crippen LogP contribution in [0.3, 0.4) is 0 Å². The number of likely N-dealkylation sites (tertiary alicyclic amines) is 1. The minimum atomic E-state index is -3.38. The first-order valence-electron chi connectivity index (χ1n) is 8.52. The van der Waals surface area contributed by atoms with Gasteiger partial charge in [0.25, 0.3) is 0 Å². The van der Waals surface area contributed by atoms with Crippen molar-refractivity contribution in [3.8, 4) is 0 Å². The van der Waals surface area contributed by atoms with Gasteiger partial charge in [0, 0.05) is 51.0 Å². The number of rotatable bonds is 4. The van der Waals surface area contributed by atoms with Crippen LogP contribution in [0.1, 0.15) is 11.3 Å². The lowest BCUT2D eigenvalue weighted by atomic mass is 9.81. The summed E-state index contributed by atoms with van der Waals surface area (Å²) in [6.45, 7) is 3.80. The third-order valence-electron chi connectivity index (χ3n) is 5.58. The van der Waals surface area contributed by atoms with Crippen molar-refractivity contribution >= 4 is 21.6 Å². The molecule has 2 aromatic rings. The summed E-state index contributed by atoms with van der Waals surface area (Å²) < 4.78 is 26.9. The van der Waals surface area contributed by atoms with Gasteiger partial charge in [0.05, 0.1) is 17.4 Å². The Bertz CT molecular complexity index is 986. The maximum atomic E-state index is 12.0. The molecule has 0 amide bonds. The molecule has 0 unspecified atom stereocenters. The minimum Gasteiger partial charge on any atom is -0.481 e. The SMILES string of the molecule is Cc1ccc2nc(CN3C[C@@H]4CN(S(C)(=O)=O)C[C@]4(C(=O)O)C3)cn2c1. The summed E-state index contributed by atoms with van der Waals surface area (Å²) in [5.41, 5.74) is 1.86. The molecule has 2 fully saturated rings. The standard InChI is InChI=1S/C17H22N4O4S/c1-12-3-4-15-18-14(9-20(15)5-12)8-19-6-13-7-21(26(2,24)25)11-17(13,10-19)16(22)23/h3-5,9,13H,6-8,10-11H2,1-2H3,(H,22,23)/t13-,17-/m1/s1. The zero-order chi connectivity index (χ0) is 18.7. The average molecular weight is 378 g/mol. The molecule has 0 bridgehead atoms. The van der Waals surface area contributed by atoms with Crippen LogP contribution in [0.2, 0.25) is 0 Å². The van der Waals surface area contributed by atoms with E-state index in [1.807, 2.05) is 35.9 Å². The number of hydrogen-bond acceptors (Lipinski definition) is 5. The summed E-state index contributed by atoms with van der Waals surface area (Å²) in [6, 6.07) is 3.96. The van der Waals surface area contributed by atoms with E-state index in [1.165, 1.54) is 4.31 Å². The van der Waals surface area contributed by atoms with Gasteiger partial charge in [0.1, 0.15) is 5.65 Å². The normalized spacial score (nSPS) is 27.2. The molecule has 0 aromatic carbocycles. The topological polar surface area (TPSA) is 95.2 Å². The van der Waals surface area contributed by atoms with Gasteiger partial charge in [-0.3, -0.25) is 9.69 Å². The lowest BCUT2D eigenvalue weighted by Gasteiger charge is -2.24. The minimum absolute atomic E-state index is 0.0483. The van der Waals surface area contributed by atoms with Gasteiger partial charge < -0.3 is 9.51 Å². The Hall–Kier alpha value is -1.97. The molecule has 2 aromatic heterocycles. The van der Waals surface area contributed by atoms with Gasteiger partial charge in [0.2, 0.25) is 10.0 Å². The van der Waals surface area contributed by atoms with Crippen molar-refractivity contribution in [2.75, 3.05) is 32.4 Å². The molecular weight excluding hydrogens is 356 g/mol.